The van der Waals surface area contributed by atoms with Crippen LogP contribution in [0, 0.1) is 0 Å². The standard InChI is InChI=1S/C66H42O3/c1-5-26-60-54(20-1)56-24-11-23-53(66(56)69-60)50-18-9-16-47(38-50)44-13-8-14-45(37-44)48-17-10-19-51(39-48)64-52(33-35-63-65(64)57-22-3-6-27-61(57)68-63)42-30-28-41(29-31-42)43-12-7-15-46(36-43)49-32-34-62-58(40-49)55-21-2-4-25-59(55)67-62/h1-32,34,36-40H,33,35H2. The number of benzene rings is 10. The topological polar surface area (TPSA) is 39.4 Å². The normalized spacial score (nSPS) is 12.8. The number of allylic oxidation sites excluding steroid dienone is 1. The molecule has 0 saturated carbocycles. The SMILES string of the molecule is c1cc(C2=C(c3ccc(-c4cccc(-c5ccc6oc7ccccc7c6c5)c4)cc3)CCc3oc4ccccc4c32)cc(-c2cccc(-c3cccc(-c4cccc5c4oc4ccccc45)c3)c2)c1. The second-order valence-electron chi connectivity index (χ2n) is 18.2. The fourth-order valence-electron chi connectivity index (χ4n) is 10.9. The molecule has 0 amide bonds. The van der Waals surface area contributed by atoms with Crippen LogP contribution in [0.2, 0.25) is 0 Å². The first kappa shape index (κ1) is 39.3. The lowest BCUT2D eigenvalue weighted by Gasteiger charge is -2.22. The van der Waals surface area contributed by atoms with E-state index in [1.807, 2.05) is 24.3 Å². The van der Waals surface area contributed by atoms with E-state index in [1.165, 1.54) is 61.2 Å². The van der Waals surface area contributed by atoms with Gasteiger partial charge in [-0.1, -0.05) is 176 Å². The molecule has 69 heavy (non-hydrogen) atoms. The van der Waals surface area contributed by atoms with E-state index in [0.29, 0.717) is 0 Å². The molecule has 0 N–H and O–H groups in total. The minimum atomic E-state index is 0.842. The number of furan rings is 3. The van der Waals surface area contributed by atoms with Gasteiger partial charge in [-0.3, -0.25) is 0 Å². The van der Waals surface area contributed by atoms with Crippen LogP contribution in [0.3, 0.4) is 0 Å². The Balaban J connectivity index is 0.825. The molecule has 0 unspecified atom stereocenters. The van der Waals surface area contributed by atoms with Gasteiger partial charge >= 0.3 is 0 Å². The molecule has 14 rings (SSSR count). The van der Waals surface area contributed by atoms with Crippen molar-refractivity contribution in [3.63, 3.8) is 0 Å². The van der Waals surface area contributed by atoms with E-state index < -0.39 is 0 Å². The molecule has 13 aromatic rings. The maximum atomic E-state index is 6.61. The van der Waals surface area contributed by atoms with Gasteiger partial charge in [0.25, 0.3) is 0 Å². The summed E-state index contributed by atoms with van der Waals surface area (Å²) in [7, 11) is 0. The van der Waals surface area contributed by atoms with Gasteiger partial charge in [0.1, 0.15) is 33.7 Å². The van der Waals surface area contributed by atoms with Crippen LogP contribution < -0.4 is 0 Å². The number of hydrogen-bond donors (Lipinski definition) is 0. The average Bonchev–Trinajstić information content (AvgIpc) is 4.12. The molecule has 1 aliphatic carbocycles. The van der Waals surface area contributed by atoms with Crippen LogP contribution in [0.25, 0.3) is 122 Å². The van der Waals surface area contributed by atoms with Crippen LogP contribution in [0.1, 0.15) is 28.9 Å². The van der Waals surface area contributed by atoms with Gasteiger partial charge in [-0.05, 0) is 133 Å². The molecule has 10 aromatic carbocycles. The third-order valence-corrected chi connectivity index (χ3v) is 14.2. The highest BCUT2D eigenvalue weighted by molar-refractivity contribution is 6.11. The molecule has 1 aliphatic rings. The maximum absolute atomic E-state index is 6.61. The van der Waals surface area contributed by atoms with Crippen LogP contribution in [0.15, 0.2) is 244 Å². The van der Waals surface area contributed by atoms with E-state index in [-0.39, 0.29) is 0 Å². The van der Waals surface area contributed by atoms with Crippen LogP contribution in [-0.2, 0) is 6.42 Å². The molecule has 3 heterocycles. The van der Waals surface area contributed by atoms with Gasteiger partial charge in [0.05, 0.1) is 0 Å². The van der Waals surface area contributed by atoms with Crippen molar-refractivity contribution in [3.05, 3.63) is 253 Å². The zero-order valence-electron chi connectivity index (χ0n) is 37.6. The van der Waals surface area contributed by atoms with Crippen molar-refractivity contribution < 1.29 is 13.3 Å². The van der Waals surface area contributed by atoms with Gasteiger partial charge in [0.2, 0.25) is 0 Å². The van der Waals surface area contributed by atoms with Crippen molar-refractivity contribution in [1.82, 2.24) is 0 Å². The highest BCUT2D eigenvalue weighted by Crippen LogP contribution is 2.47. The molecule has 0 aliphatic heterocycles. The van der Waals surface area contributed by atoms with Gasteiger partial charge in [-0.15, -0.1) is 0 Å². The maximum Gasteiger partial charge on any atom is 0.143 e. The summed E-state index contributed by atoms with van der Waals surface area (Å²) < 4.78 is 19.2. The summed E-state index contributed by atoms with van der Waals surface area (Å²) in [6.45, 7) is 0. The quantitative estimate of drug-likeness (QED) is 0.160. The summed E-state index contributed by atoms with van der Waals surface area (Å²) in [6, 6.07) is 82.8. The average molecular weight is 883 g/mol. The van der Waals surface area contributed by atoms with Crippen molar-refractivity contribution in [1.29, 1.82) is 0 Å². The molecule has 0 bridgehead atoms. The Bertz CT molecular complexity index is 4190. The fraction of sp³-hybridized carbons (Fsp3) is 0.0303. The Morgan fingerprint density at radius 3 is 1.39 bits per heavy atom. The number of hydrogen-bond acceptors (Lipinski definition) is 3. The summed E-state index contributed by atoms with van der Waals surface area (Å²) in [4.78, 5) is 0. The summed E-state index contributed by atoms with van der Waals surface area (Å²) in [5, 5.41) is 5.70. The van der Waals surface area contributed by atoms with Gasteiger partial charge in [0.15, 0.2) is 0 Å². The number of aryl methyl sites for hydroxylation is 1. The molecule has 0 atom stereocenters. The molecule has 324 valence electrons. The van der Waals surface area contributed by atoms with Gasteiger partial charge in [0, 0.05) is 44.5 Å². The van der Waals surface area contributed by atoms with Crippen LogP contribution >= 0.6 is 0 Å². The van der Waals surface area contributed by atoms with E-state index in [4.69, 9.17) is 13.3 Å². The van der Waals surface area contributed by atoms with Crippen molar-refractivity contribution in [2.24, 2.45) is 0 Å². The summed E-state index contributed by atoms with van der Waals surface area (Å²) >= 11 is 0. The second kappa shape index (κ2) is 15.9. The molecule has 3 nitrogen and oxygen atoms in total. The van der Waals surface area contributed by atoms with Gasteiger partial charge in [-0.2, -0.15) is 0 Å². The first-order valence-electron chi connectivity index (χ1n) is 23.8. The molecular formula is C66H42O3. The molecule has 3 aromatic heterocycles. The summed E-state index contributed by atoms with van der Waals surface area (Å²) in [6.07, 6.45) is 1.72. The number of para-hydroxylation sites is 4. The predicted molar refractivity (Wildman–Crippen MR) is 285 cm³/mol. The molecule has 0 radical (unpaired) electrons. The van der Waals surface area contributed by atoms with Crippen LogP contribution in [-0.4, -0.2) is 0 Å². The zero-order chi connectivity index (χ0) is 45.4. The molecule has 0 saturated heterocycles. The Morgan fingerprint density at radius 2 is 0.710 bits per heavy atom. The molecular weight excluding hydrogens is 841 g/mol. The Morgan fingerprint density at radius 1 is 0.261 bits per heavy atom. The van der Waals surface area contributed by atoms with Crippen LogP contribution in [0.4, 0.5) is 0 Å². The predicted octanol–water partition coefficient (Wildman–Crippen LogP) is 18.5. The zero-order valence-corrected chi connectivity index (χ0v) is 37.6. The van der Waals surface area contributed by atoms with E-state index in [9.17, 15) is 0 Å². The number of rotatable bonds is 7. The summed E-state index contributed by atoms with van der Waals surface area (Å²) in [5.74, 6) is 1.05. The lowest BCUT2D eigenvalue weighted by atomic mass is 9.80. The first-order chi connectivity index (χ1) is 34.2. The minimum absolute atomic E-state index is 0.842. The third-order valence-electron chi connectivity index (χ3n) is 14.2. The Hall–Kier alpha value is -8.92. The fourth-order valence-corrected chi connectivity index (χ4v) is 10.9. The lowest BCUT2D eigenvalue weighted by Crippen LogP contribution is -2.04. The van der Waals surface area contributed by atoms with Gasteiger partial charge in [-0.25, -0.2) is 0 Å². The Kier molecular flexibility index (Phi) is 9.03. The first-order valence-corrected chi connectivity index (χ1v) is 23.8. The monoisotopic (exact) mass is 882 g/mol. The smallest absolute Gasteiger partial charge is 0.143 e. The van der Waals surface area contributed by atoms with Crippen molar-refractivity contribution in [2.45, 2.75) is 12.8 Å². The van der Waals surface area contributed by atoms with Crippen molar-refractivity contribution >= 4 is 66.0 Å². The summed E-state index contributed by atoms with van der Waals surface area (Å²) in [5.41, 5.74) is 22.3. The minimum Gasteiger partial charge on any atom is -0.460 e. The highest BCUT2D eigenvalue weighted by Gasteiger charge is 2.27. The van der Waals surface area contributed by atoms with E-state index in [0.717, 1.165) is 95.7 Å². The van der Waals surface area contributed by atoms with E-state index in [1.54, 1.807) is 0 Å². The Labute approximate surface area is 398 Å². The third kappa shape index (κ3) is 6.65. The van der Waals surface area contributed by atoms with Gasteiger partial charge < -0.3 is 13.3 Å². The van der Waals surface area contributed by atoms with Crippen LogP contribution in [0.5, 0.6) is 0 Å². The van der Waals surface area contributed by atoms with Crippen molar-refractivity contribution in [3.8, 4) is 55.6 Å². The van der Waals surface area contributed by atoms with E-state index in [2.05, 4.69) is 206 Å². The molecule has 0 fully saturated rings. The number of fused-ring (bicyclic) bond motifs is 9. The molecule has 0 spiro atoms. The second-order valence-corrected chi connectivity index (χ2v) is 18.2. The lowest BCUT2D eigenvalue weighted by molar-refractivity contribution is 0.547. The highest BCUT2D eigenvalue weighted by atomic mass is 16.3. The van der Waals surface area contributed by atoms with E-state index >= 15 is 0 Å². The van der Waals surface area contributed by atoms with Crippen molar-refractivity contribution in [2.75, 3.05) is 0 Å². The largest absolute Gasteiger partial charge is 0.460 e. The molecule has 3 heteroatoms.